The maximum atomic E-state index is 12.2. The van der Waals surface area contributed by atoms with Gasteiger partial charge in [-0.2, -0.15) is 0 Å². The summed E-state index contributed by atoms with van der Waals surface area (Å²) in [6.07, 6.45) is 0. The van der Waals surface area contributed by atoms with Gasteiger partial charge in [0.25, 0.3) is 11.7 Å². The summed E-state index contributed by atoms with van der Waals surface area (Å²) in [5.74, 6) is -0.311. The Balaban J connectivity index is 2.29. The van der Waals surface area contributed by atoms with E-state index in [4.69, 9.17) is 4.42 Å². The molecule has 0 radical (unpaired) electrons. The monoisotopic (exact) mass is 273 g/mol. The van der Waals surface area contributed by atoms with Crippen molar-refractivity contribution < 1.29 is 14.0 Å². The van der Waals surface area contributed by atoms with Gasteiger partial charge in [0.15, 0.2) is 0 Å². The molecule has 1 heterocycles. The van der Waals surface area contributed by atoms with Gasteiger partial charge in [-0.05, 0) is 12.1 Å². The fourth-order valence-corrected chi connectivity index (χ4v) is 1.63. The minimum Gasteiger partial charge on any atom is -0.413 e. The van der Waals surface area contributed by atoms with Crippen LogP contribution in [-0.2, 0) is 4.84 Å². The van der Waals surface area contributed by atoms with Crippen molar-refractivity contribution in [3.63, 3.8) is 0 Å². The van der Waals surface area contributed by atoms with Gasteiger partial charge in [0.2, 0.25) is 5.89 Å². The first kappa shape index (κ1) is 13.9. The highest BCUT2D eigenvalue weighted by Gasteiger charge is 2.24. The average Bonchev–Trinajstić information content (AvgIpc) is 2.94. The predicted octanol–water partition coefficient (Wildman–Crippen LogP) is 2.58. The smallest absolute Gasteiger partial charge is 0.290 e. The van der Waals surface area contributed by atoms with Gasteiger partial charge in [-0.15, -0.1) is 10.2 Å². The molecule has 0 bridgehead atoms. The van der Waals surface area contributed by atoms with Gasteiger partial charge >= 0.3 is 0 Å². The molecule has 0 fully saturated rings. The molecular formula is C14H15N3O3. The van der Waals surface area contributed by atoms with Crippen LogP contribution in [0.2, 0.25) is 0 Å². The minimum atomic E-state index is -0.420. The number of oxime groups is 1. The van der Waals surface area contributed by atoms with Crippen molar-refractivity contribution in [2.24, 2.45) is 11.1 Å². The normalized spacial score (nSPS) is 11.7. The molecular weight excluding hydrogens is 258 g/mol. The van der Waals surface area contributed by atoms with Gasteiger partial charge in [-0.3, -0.25) is 4.79 Å². The molecule has 6 nitrogen and oxygen atoms in total. The number of hydrogen-bond acceptors (Lipinski definition) is 6. The molecule has 0 unspecified atom stereocenters. The van der Waals surface area contributed by atoms with Crippen LogP contribution in [0.25, 0.3) is 11.5 Å². The zero-order valence-corrected chi connectivity index (χ0v) is 11.5. The minimum absolute atomic E-state index is 0.0895. The molecule has 0 amide bonds. The molecule has 0 N–H and O–H groups in total. The maximum Gasteiger partial charge on any atom is 0.290 e. The van der Waals surface area contributed by atoms with Crippen molar-refractivity contribution in [2.75, 3.05) is 7.11 Å². The van der Waals surface area contributed by atoms with Crippen LogP contribution in [-0.4, -0.2) is 28.8 Å². The van der Waals surface area contributed by atoms with E-state index in [9.17, 15) is 4.79 Å². The van der Waals surface area contributed by atoms with Crippen LogP contribution in [0.5, 0.6) is 0 Å². The highest BCUT2D eigenvalue weighted by molar-refractivity contribution is 6.45. The molecule has 0 saturated carbocycles. The van der Waals surface area contributed by atoms with E-state index in [2.05, 4.69) is 20.2 Å². The van der Waals surface area contributed by atoms with Gasteiger partial charge in [0.1, 0.15) is 12.8 Å². The Kier molecular flexibility index (Phi) is 4.24. The zero-order chi connectivity index (χ0) is 14.5. The summed E-state index contributed by atoms with van der Waals surface area (Å²) in [5, 5.41) is 11.4. The highest BCUT2D eigenvalue weighted by Crippen LogP contribution is 2.18. The maximum absolute atomic E-state index is 12.2. The molecule has 1 aromatic carbocycles. The Labute approximate surface area is 116 Å². The zero-order valence-electron chi connectivity index (χ0n) is 11.5. The summed E-state index contributed by atoms with van der Waals surface area (Å²) in [6.45, 7) is 3.68. The van der Waals surface area contributed by atoms with Crippen LogP contribution in [0.15, 0.2) is 39.9 Å². The molecule has 6 heteroatoms. The number of carbonyl (C=O) groups excluding carboxylic acids is 1. The second-order valence-corrected chi connectivity index (χ2v) is 4.42. The lowest BCUT2D eigenvalue weighted by atomic mass is 10.0. The Hall–Kier alpha value is -2.50. The summed E-state index contributed by atoms with van der Waals surface area (Å²) >= 11 is 0. The second kappa shape index (κ2) is 6.10. The molecule has 2 aromatic rings. The van der Waals surface area contributed by atoms with E-state index in [1.54, 1.807) is 0 Å². The van der Waals surface area contributed by atoms with E-state index in [0.717, 1.165) is 5.56 Å². The first-order valence-corrected chi connectivity index (χ1v) is 6.18. The van der Waals surface area contributed by atoms with Crippen molar-refractivity contribution >= 4 is 11.5 Å². The van der Waals surface area contributed by atoms with Crippen LogP contribution in [0.4, 0.5) is 0 Å². The SMILES string of the molecule is CO/N=C(/C(=O)c1nnc(-c2ccccc2)o1)C(C)C. The highest BCUT2D eigenvalue weighted by atomic mass is 16.6. The molecule has 1 aromatic heterocycles. The summed E-state index contributed by atoms with van der Waals surface area (Å²) < 4.78 is 5.40. The third-order valence-electron chi connectivity index (χ3n) is 2.61. The first-order chi connectivity index (χ1) is 9.63. The third kappa shape index (κ3) is 2.90. The fraction of sp³-hybridized carbons (Fsp3) is 0.286. The Morgan fingerprint density at radius 1 is 1.25 bits per heavy atom. The van der Waals surface area contributed by atoms with Crippen LogP contribution in [0, 0.1) is 5.92 Å². The Morgan fingerprint density at radius 2 is 1.95 bits per heavy atom. The van der Waals surface area contributed by atoms with Crippen LogP contribution in [0.3, 0.4) is 0 Å². The number of Topliss-reactive ketones (excluding diaryl/α,β-unsaturated/α-hetero) is 1. The quantitative estimate of drug-likeness (QED) is 0.475. The van der Waals surface area contributed by atoms with E-state index in [-0.39, 0.29) is 17.5 Å². The van der Waals surface area contributed by atoms with Crippen LogP contribution in [0.1, 0.15) is 24.5 Å². The molecule has 0 atom stereocenters. The second-order valence-electron chi connectivity index (χ2n) is 4.42. The number of carbonyl (C=O) groups is 1. The van der Waals surface area contributed by atoms with Crippen molar-refractivity contribution in [3.8, 4) is 11.5 Å². The Bertz CT molecular complexity index is 618. The van der Waals surface area contributed by atoms with E-state index < -0.39 is 5.78 Å². The number of ketones is 1. The van der Waals surface area contributed by atoms with Crippen LogP contribution < -0.4 is 0 Å². The number of rotatable bonds is 5. The predicted molar refractivity (Wildman–Crippen MR) is 73.3 cm³/mol. The van der Waals surface area contributed by atoms with E-state index >= 15 is 0 Å². The lowest BCUT2D eigenvalue weighted by Gasteiger charge is -2.04. The van der Waals surface area contributed by atoms with Crippen molar-refractivity contribution in [1.29, 1.82) is 0 Å². The van der Waals surface area contributed by atoms with Gasteiger partial charge in [0.05, 0.1) is 0 Å². The van der Waals surface area contributed by atoms with Crippen molar-refractivity contribution in [2.45, 2.75) is 13.8 Å². The molecule has 0 aliphatic carbocycles. The summed E-state index contributed by atoms with van der Waals surface area (Å²) in [4.78, 5) is 16.9. The van der Waals surface area contributed by atoms with E-state index in [1.165, 1.54) is 7.11 Å². The molecule has 0 spiro atoms. The summed E-state index contributed by atoms with van der Waals surface area (Å²) in [5.41, 5.74) is 1.00. The lowest BCUT2D eigenvalue weighted by molar-refractivity contribution is 0.102. The fourth-order valence-electron chi connectivity index (χ4n) is 1.63. The molecule has 0 aliphatic rings. The van der Waals surface area contributed by atoms with Gasteiger partial charge in [-0.1, -0.05) is 37.2 Å². The third-order valence-corrected chi connectivity index (χ3v) is 2.61. The number of nitrogens with zero attached hydrogens (tertiary/aromatic N) is 3. The molecule has 2 rings (SSSR count). The lowest BCUT2D eigenvalue weighted by Crippen LogP contribution is -2.21. The van der Waals surface area contributed by atoms with E-state index in [1.807, 2.05) is 44.2 Å². The van der Waals surface area contributed by atoms with Gasteiger partial charge < -0.3 is 9.25 Å². The summed E-state index contributed by atoms with van der Waals surface area (Å²) in [6, 6.07) is 9.25. The average molecular weight is 273 g/mol. The van der Waals surface area contributed by atoms with Crippen molar-refractivity contribution in [3.05, 3.63) is 36.2 Å². The van der Waals surface area contributed by atoms with E-state index in [0.29, 0.717) is 5.89 Å². The summed E-state index contributed by atoms with van der Waals surface area (Å²) in [7, 11) is 1.39. The number of hydrogen-bond donors (Lipinski definition) is 0. The van der Waals surface area contributed by atoms with Crippen molar-refractivity contribution in [1.82, 2.24) is 10.2 Å². The standard InChI is InChI=1S/C14H15N3O3/c1-9(2)11(17-19-3)12(18)14-16-15-13(20-14)10-7-5-4-6-8-10/h4-9H,1-3H3/b17-11+. The number of aromatic nitrogens is 2. The van der Waals surface area contributed by atoms with Crippen LogP contribution >= 0.6 is 0 Å². The first-order valence-electron chi connectivity index (χ1n) is 6.18. The molecule has 0 saturated heterocycles. The van der Waals surface area contributed by atoms with Gasteiger partial charge in [-0.25, -0.2) is 0 Å². The number of benzene rings is 1. The molecule has 104 valence electrons. The topological polar surface area (TPSA) is 77.6 Å². The van der Waals surface area contributed by atoms with Gasteiger partial charge in [0, 0.05) is 11.5 Å². The molecule has 20 heavy (non-hydrogen) atoms. The Morgan fingerprint density at radius 3 is 2.55 bits per heavy atom. The molecule has 0 aliphatic heterocycles. The largest absolute Gasteiger partial charge is 0.413 e.